The average Bonchev–Trinajstić information content (AvgIpc) is 2.74. The molecule has 0 aliphatic rings. The van der Waals surface area contributed by atoms with Gasteiger partial charge in [0.05, 0.1) is 18.8 Å². The van der Waals surface area contributed by atoms with Crippen LogP contribution in [0.5, 0.6) is 5.75 Å². The van der Waals surface area contributed by atoms with E-state index in [0.29, 0.717) is 17.1 Å². The summed E-state index contributed by atoms with van der Waals surface area (Å²) < 4.78 is 28.9. The zero-order valence-corrected chi connectivity index (χ0v) is 19.2. The van der Waals surface area contributed by atoms with E-state index in [1.54, 1.807) is 62.4 Å². The van der Waals surface area contributed by atoms with Gasteiger partial charge in [0.1, 0.15) is 5.75 Å². The fourth-order valence-electron chi connectivity index (χ4n) is 2.59. The van der Waals surface area contributed by atoms with Crippen molar-refractivity contribution in [2.75, 3.05) is 19.0 Å². The molecular weight excluding hydrogens is 423 g/mol. The third kappa shape index (κ3) is 6.73. The summed E-state index contributed by atoms with van der Waals surface area (Å²) in [6, 6.07) is 12.8. The zero-order valence-electron chi connectivity index (χ0n) is 17.5. The molecule has 162 valence electrons. The third-order valence-electron chi connectivity index (χ3n) is 4.04. The highest BCUT2D eigenvalue weighted by Crippen LogP contribution is 2.60. The Bertz CT molecular complexity index is 897. The smallest absolute Gasteiger partial charge is 0.440 e. The molecule has 0 aliphatic carbocycles. The van der Waals surface area contributed by atoms with Crippen LogP contribution >= 0.6 is 18.2 Å². The molecule has 2 rings (SSSR count). The summed E-state index contributed by atoms with van der Waals surface area (Å²) in [7, 11) is 0. The van der Waals surface area contributed by atoms with Gasteiger partial charge in [0.2, 0.25) is 0 Å². The Morgan fingerprint density at radius 1 is 0.933 bits per heavy atom. The van der Waals surface area contributed by atoms with Gasteiger partial charge in [-0.15, -0.1) is 0 Å². The molecule has 0 amide bonds. The summed E-state index contributed by atoms with van der Waals surface area (Å²) in [5.41, 5.74) is 0.863. The number of unbranched alkanes of at least 4 members (excludes halogenated alkanes) is 1. The van der Waals surface area contributed by atoms with Crippen LogP contribution in [-0.2, 0) is 13.8 Å². The normalized spacial score (nSPS) is 12.8. The van der Waals surface area contributed by atoms with Crippen LogP contribution in [-0.4, -0.2) is 30.7 Å². The van der Waals surface area contributed by atoms with E-state index < -0.39 is 12.8 Å². The van der Waals surface area contributed by atoms with E-state index in [1.165, 1.54) is 11.4 Å². The summed E-state index contributed by atoms with van der Waals surface area (Å²) in [4.78, 5) is 25.1. The fourth-order valence-corrected chi connectivity index (χ4v) is 6.12. The van der Waals surface area contributed by atoms with E-state index in [-0.39, 0.29) is 30.1 Å². The second kappa shape index (κ2) is 11.9. The maximum Gasteiger partial charge on any atom is 0.440 e. The molecule has 6 nitrogen and oxygen atoms in total. The Kier molecular flexibility index (Phi) is 9.63. The van der Waals surface area contributed by atoms with Crippen LogP contribution < -0.4 is 4.52 Å². The van der Waals surface area contributed by atoms with E-state index in [0.717, 1.165) is 12.8 Å². The second-order valence-corrected chi connectivity index (χ2v) is 10.4. The van der Waals surface area contributed by atoms with E-state index in [1.807, 2.05) is 0 Å². The number of ketones is 1. The van der Waals surface area contributed by atoms with Crippen LogP contribution in [0.1, 0.15) is 59.9 Å². The Morgan fingerprint density at radius 3 is 2.20 bits per heavy atom. The van der Waals surface area contributed by atoms with Gasteiger partial charge < -0.3 is 9.26 Å². The summed E-state index contributed by atoms with van der Waals surface area (Å²) in [6.45, 7) is 2.71. The topological polar surface area (TPSA) is 78.9 Å². The number of rotatable bonds is 12. The van der Waals surface area contributed by atoms with Gasteiger partial charge in [0.15, 0.2) is 5.78 Å². The molecule has 8 heteroatoms. The number of esters is 1. The molecule has 0 N–H and O–H groups in total. The predicted octanol–water partition coefficient (Wildman–Crippen LogP) is 6.15. The Labute approximate surface area is 181 Å². The first kappa shape index (κ1) is 24.2. The number of hydrogen-bond donors (Lipinski definition) is 0. The lowest BCUT2D eigenvalue weighted by molar-refractivity contribution is 0.0523. The minimum atomic E-state index is -3.33. The Morgan fingerprint density at radius 2 is 1.60 bits per heavy atom. The molecule has 1 atom stereocenters. The van der Waals surface area contributed by atoms with E-state index in [4.69, 9.17) is 13.8 Å². The van der Waals surface area contributed by atoms with Gasteiger partial charge in [0, 0.05) is 16.9 Å². The Hall–Kier alpha value is -2.08. The molecule has 30 heavy (non-hydrogen) atoms. The minimum Gasteiger partial charge on any atom is -0.462 e. The van der Waals surface area contributed by atoms with E-state index in [9.17, 15) is 14.2 Å². The zero-order chi connectivity index (χ0) is 22.0. The van der Waals surface area contributed by atoms with Gasteiger partial charge in [-0.05, 0) is 62.0 Å². The first-order valence-corrected chi connectivity index (χ1v) is 13.1. The van der Waals surface area contributed by atoms with Crippen molar-refractivity contribution in [3.8, 4) is 5.75 Å². The lowest BCUT2D eigenvalue weighted by Gasteiger charge is -2.17. The van der Waals surface area contributed by atoms with E-state index >= 15 is 0 Å². The minimum absolute atomic E-state index is 0.220. The van der Waals surface area contributed by atoms with Crippen LogP contribution in [0.4, 0.5) is 0 Å². The van der Waals surface area contributed by atoms with Crippen molar-refractivity contribution in [3.63, 3.8) is 0 Å². The largest absolute Gasteiger partial charge is 0.462 e. The first-order valence-electron chi connectivity index (χ1n) is 9.93. The highest BCUT2D eigenvalue weighted by atomic mass is 32.7. The van der Waals surface area contributed by atoms with Crippen molar-refractivity contribution in [2.24, 2.45) is 0 Å². The van der Waals surface area contributed by atoms with Gasteiger partial charge in [-0.25, -0.2) is 9.36 Å². The van der Waals surface area contributed by atoms with Gasteiger partial charge in [-0.2, -0.15) is 0 Å². The molecule has 0 spiro atoms. The van der Waals surface area contributed by atoms with Gasteiger partial charge in [-0.3, -0.25) is 9.32 Å². The fraction of sp³-hybridized carbons (Fsp3) is 0.364. The molecule has 0 saturated carbocycles. The molecule has 0 aliphatic heterocycles. The number of carbonyl (C=O) groups is 2. The number of benzene rings is 2. The van der Waals surface area contributed by atoms with Crippen molar-refractivity contribution in [1.82, 2.24) is 0 Å². The summed E-state index contributed by atoms with van der Waals surface area (Å²) in [5, 5.41) is 0. The average molecular weight is 450 g/mol. The maximum absolute atomic E-state index is 12.9. The summed E-state index contributed by atoms with van der Waals surface area (Å²) in [5.74, 6) is 0.180. The van der Waals surface area contributed by atoms with E-state index in [2.05, 4.69) is 6.92 Å². The summed E-state index contributed by atoms with van der Waals surface area (Å²) >= 11 is 1.18. The molecule has 2 aromatic carbocycles. The standard InChI is InChI=1S/C22H27O6PS/c1-4-7-16-30-29(25,27-6-3)28-18-14-12-17(13-15-18)21(23)19-10-8-9-11-20(19)22(24)26-5-2/h8-15H,4-7,16H2,1-3H3. The quantitative estimate of drug-likeness (QED) is 0.166. The lowest BCUT2D eigenvalue weighted by Crippen LogP contribution is -2.12. The van der Waals surface area contributed by atoms with Gasteiger partial charge in [0.25, 0.3) is 0 Å². The number of ether oxygens (including phenoxy) is 1. The lowest BCUT2D eigenvalue weighted by atomic mass is 9.98. The van der Waals surface area contributed by atoms with Crippen LogP contribution in [0.25, 0.3) is 0 Å². The molecule has 1 unspecified atom stereocenters. The predicted molar refractivity (Wildman–Crippen MR) is 119 cm³/mol. The second-order valence-electron chi connectivity index (χ2n) is 6.26. The molecule has 0 bridgehead atoms. The van der Waals surface area contributed by atoms with Crippen LogP contribution in [0, 0.1) is 0 Å². The molecule has 0 fully saturated rings. The molecule has 0 saturated heterocycles. The van der Waals surface area contributed by atoms with Crippen LogP contribution in [0.2, 0.25) is 0 Å². The van der Waals surface area contributed by atoms with Crippen molar-refractivity contribution >= 4 is 29.9 Å². The van der Waals surface area contributed by atoms with Crippen molar-refractivity contribution in [1.29, 1.82) is 0 Å². The van der Waals surface area contributed by atoms with Crippen LogP contribution in [0.15, 0.2) is 48.5 Å². The van der Waals surface area contributed by atoms with Gasteiger partial charge in [-0.1, -0.05) is 31.5 Å². The molecular formula is C22H27O6PS. The van der Waals surface area contributed by atoms with Gasteiger partial charge >= 0.3 is 12.8 Å². The highest BCUT2D eigenvalue weighted by Gasteiger charge is 2.27. The first-order chi connectivity index (χ1) is 14.4. The maximum atomic E-state index is 12.9. The molecule has 0 heterocycles. The Balaban J connectivity index is 2.18. The monoisotopic (exact) mass is 450 g/mol. The van der Waals surface area contributed by atoms with Crippen molar-refractivity contribution < 1.29 is 27.9 Å². The molecule has 2 aromatic rings. The molecule has 0 aromatic heterocycles. The van der Waals surface area contributed by atoms with Crippen LogP contribution in [0.3, 0.4) is 0 Å². The third-order valence-corrected chi connectivity index (χ3v) is 7.87. The number of hydrogen-bond acceptors (Lipinski definition) is 7. The van der Waals surface area contributed by atoms with Crippen molar-refractivity contribution in [2.45, 2.75) is 33.6 Å². The highest BCUT2D eigenvalue weighted by molar-refractivity contribution is 8.55. The molecule has 0 radical (unpaired) electrons. The summed E-state index contributed by atoms with van der Waals surface area (Å²) in [6.07, 6.45) is 1.90. The number of carbonyl (C=O) groups excluding carboxylic acids is 2. The van der Waals surface area contributed by atoms with Crippen molar-refractivity contribution in [3.05, 3.63) is 65.2 Å². The SMILES string of the molecule is CCCCSP(=O)(OCC)Oc1ccc(C(=O)c2ccccc2C(=O)OCC)cc1.